The molecule has 2 rings (SSSR count). The van der Waals surface area contributed by atoms with Gasteiger partial charge in [0.1, 0.15) is 5.75 Å². The fourth-order valence-corrected chi connectivity index (χ4v) is 2.92. The van der Waals surface area contributed by atoms with Gasteiger partial charge in [-0.3, -0.25) is 4.79 Å². The molecule has 0 saturated carbocycles. The number of carbonyl (C=O) groups excluding carboxylic acids is 2. The average Bonchev–Trinajstić information content (AvgIpc) is 2.79. The molecule has 31 heavy (non-hydrogen) atoms. The Morgan fingerprint density at radius 2 is 1.45 bits per heavy atom. The Labute approximate surface area is 185 Å². The molecule has 2 aromatic carbocycles. The van der Waals surface area contributed by atoms with E-state index in [0.717, 1.165) is 30.9 Å². The van der Waals surface area contributed by atoms with E-state index in [9.17, 15) is 9.59 Å². The number of benzene rings is 2. The van der Waals surface area contributed by atoms with Crippen LogP contribution in [0.1, 0.15) is 62.7 Å². The number of rotatable bonds is 14. The van der Waals surface area contributed by atoms with Crippen molar-refractivity contribution in [1.29, 1.82) is 0 Å². The highest BCUT2D eigenvalue weighted by molar-refractivity contribution is 5.95. The molecule has 0 bridgehead atoms. The van der Waals surface area contributed by atoms with Crippen LogP contribution < -0.4 is 15.4 Å². The zero-order chi connectivity index (χ0) is 22.3. The van der Waals surface area contributed by atoms with Gasteiger partial charge in [0.2, 0.25) is 5.91 Å². The molecule has 0 aliphatic heterocycles. The van der Waals surface area contributed by atoms with Crippen LogP contribution in [-0.2, 0) is 9.53 Å². The van der Waals surface area contributed by atoms with E-state index in [0.29, 0.717) is 17.9 Å². The predicted molar refractivity (Wildman–Crippen MR) is 125 cm³/mol. The quantitative estimate of drug-likeness (QED) is 0.301. The second kappa shape index (κ2) is 14.1. The first-order valence-corrected chi connectivity index (χ1v) is 11.2. The lowest BCUT2D eigenvalue weighted by Crippen LogP contribution is -2.21. The van der Waals surface area contributed by atoms with Crippen molar-refractivity contribution in [2.75, 3.05) is 30.4 Å². The van der Waals surface area contributed by atoms with Gasteiger partial charge in [-0.05, 0) is 61.4 Å². The largest absolute Gasteiger partial charge is 0.494 e. The maximum Gasteiger partial charge on any atom is 0.338 e. The molecule has 2 N–H and O–H groups in total. The van der Waals surface area contributed by atoms with Gasteiger partial charge in [-0.2, -0.15) is 0 Å². The van der Waals surface area contributed by atoms with Crippen LogP contribution in [0.2, 0.25) is 0 Å². The van der Waals surface area contributed by atoms with Crippen molar-refractivity contribution in [1.82, 2.24) is 0 Å². The van der Waals surface area contributed by atoms with E-state index in [1.807, 2.05) is 31.2 Å². The highest BCUT2D eigenvalue weighted by Crippen LogP contribution is 2.16. The summed E-state index contributed by atoms with van der Waals surface area (Å²) >= 11 is 0. The number of amides is 1. The predicted octanol–water partition coefficient (Wildman–Crippen LogP) is 5.65. The molecule has 0 heterocycles. The normalized spacial score (nSPS) is 10.4. The van der Waals surface area contributed by atoms with Crippen LogP contribution in [0.4, 0.5) is 11.4 Å². The number of carbonyl (C=O) groups is 2. The molecule has 0 fully saturated rings. The van der Waals surface area contributed by atoms with E-state index in [4.69, 9.17) is 9.47 Å². The number of nitrogens with one attached hydrogen (secondary N) is 2. The summed E-state index contributed by atoms with van der Waals surface area (Å²) in [5.74, 6) is 0.307. The van der Waals surface area contributed by atoms with Gasteiger partial charge in [-0.25, -0.2) is 4.79 Å². The number of anilines is 2. The Bertz CT molecular complexity index is 788. The smallest absolute Gasteiger partial charge is 0.338 e. The highest BCUT2D eigenvalue weighted by atomic mass is 16.5. The fraction of sp³-hybridized carbons (Fsp3) is 0.440. The van der Waals surface area contributed by atoms with Gasteiger partial charge in [0.05, 0.1) is 25.3 Å². The van der Waals surface area contributed by atoms with Crippen LogP contribution in [0.3, 0.4) is 0 Å². The monoisotopic (exact) mass is 426 g/mol. The Kier molecular flexibility index (Phi) is 11.0. The molecule has 0 radical (unpaired) electrons. The number of hydrogen-bond acceptors (Lipinski definition) is 5. The first-order chi connectivity index (χ1) is 15.1. The summed E-state index contributed by atoms with van der Waals surface area (Å²) in [6.45, 7) is 5.42. The van der Waals surface area contributed by atoms with Crippen molar-refractivity contribution in [2.45, 2.75) is 52.4 Å². The van der Waals surface area contributed by atoms with E-state index >= 15 is 0 Å². The van der Waals surface area contributed by atoms with Crippen LogP contribution in [0, 0.1) is 0 Å². The Hall–Kier alpha value is -3.02. The number of hydrogen-bond donors (Lipinski definition) is 2. The SMILES string of the molecule is CCCCCCCOc1ccc(NCC(=O)Nc2ccc(C(=O)OCCC)cc2)cc1. The van der Waals surface area contributed by atoms with E-state index in [1.54, 1.807) is 24.3 Å². The van der Waals surface area contributed by atoms with Crippen LogP contribution in [-0.4, -0.2) is 31.6 Å². The summed E-state index contributed by atoms with van der Waals surface area (Å²) in [6, 6.07) is 14.3. The lowest BCUT2D eigenvalue weighted by molar-refractivity contribution is -0.114. The van der Waals surface area contributed by atoms with Crippen molar-refractivity contribution in [3.05, 3.63) is 54.1 Å². The Morgan fingerprint density at radius 3 is 2.13 bits per heavy atom. The molecule has 0 spiro atoms. The molecule has 6 heteroatoms. The molecule has 0 atom stereocenters. The van der Waals surface area contributed by atoms with Gasteiger partial charge in [0, 0.05) is 11.4 Å². The molecule has 6 nitrogen and oxygen atoms in total. The van der Waals surface area contributed by atoms with Crippen molar-refractivity contribution < 1.29 is 19.1 Å². The second-order valence-electron chi connectivity index (χ2n) is 7.40. The van der Waals surface area contributed by atoms with Gasteiger partial charge in [-0.1, -0.05) is 39.5 Å². The molecule has 1 amide bonds. The minimum Gasteiger partial charge on any atom is -0.494 e. The third-order valence-corrected chi connectivity index (χ3v) is 4.67. The van der Waals surface area contributed by atoms with E-state index in [-0.39, 0.29) is 18.4 Å². The Balaban J connectivity index is 1.69. The van der Waals surface area contributed by atoms with Gasteiger partial charge < -0.3 is 20.1 Å². The van der Waals surface area contributed by atoms with Gasteiger partial charge in [0.25, 0.3) is 0 Å². The van der Waals surface area contributed by atoms with Gasteiger partial charge in [-0.15, -0.1) is 0 Å². The van der Waals surface area contributed by atoms with Crippen molar-refractivity contribution in [3.63, 3.8) is 0 Å². The average molecular weight is 427 g/mol. The first kappa shape index (κ1) is 24.3. The fourth-order valence-electron chi connectivity index (χ4n) is 2.92. The van der Waals surface area contributed by atoms with E-state index < -0.39 is 0 Å². The lowest BCUT2D eigenvalue weighted by Gasteiger charge is -2.10. The topological polar surface area (TPSA) is 76.7 Å². The van der Waals surface area contributed by atoms with Crippen LogP contribution >= 0.6 is 0 Å². The van der Waals surface area contributed by atoms with Crippen LogP contribution in [0.25, 0.3) is 0 Å². The minimum absolute atomic E-state index is 0.137. The number of ether oxygens (including phenoxy) is 2. The van der Waals surface area contributed by atoms with Crippen LogP contribution in [0.15, 0.2) is 48.5 Å². The maximum atomic E-state index is 12.2. The minimum atomic E-state index is -0.356. The number of unbranched alkanes of at least 4 members (excludes halogenated alkanes) is 4. The molecule has 0 saturated heterocycles. The lowest BCUT2D eigenvalue weighted by atomic mass is 10.2. The second-order valence-corrected chi connectivity index (χ2v) is 7.40. The molecule has 0 aromatic heterocycles. The Morgan fingerprint density at radius 1 is 0.774 bits per heavy atom. The third kappa shape index (κ3) is 9.55. The summed E-state index contributed by atoms with van der Waals surface area (Å²) < 4.78 is 10.8. The highest BCUT2D eigenvalue weighted by Gasteiger charge is 2.08. The molecular formula is C25H34N2O4. The summed E-state index contributed by atoms with van der Waals surface area (Å²) in [6.07, 6.45) is 6.85. The summed E-state index contributed by atoms with van der Waals surface area (Å²) in [5.41, 5.74) is 1.94. The van der Waals surface area contributed by atoms with Gasteiger partial charge in [0.15, 0.2) is 0 Å². The summed E-state index contributed by atoms with van der Waals surface area (Å²) in [7, 11) is 0. The third-order valence-electron chi connectivity index (χ3n) is 4.67. The standard InChI is InChI=1S/C25H34N2O4/c1-3-5-6-7-8-18-30-23-15-13-21(14-16-23)26-19-24(28)27-22-11-9-20(10-12-22)25(29)31-17-4-2/h9-16,26H,3-8,17-19H2,1-2H3,(H,27,28). The molecule has 0 aliphatic rings. The van der Waals surface area contributed by atoms with Gasteiger partial charge >= 0.3 is 5.97 Å². The first-order valence-electron chi connectivity index (χ1n) is 11.2. The van der Waals surface area contributed by atoms with Crippen molar-refractivity contribution in [2.24, 2.45) is 0 Å². The zero-order valence-corrected chi connectivity index (χ0v) is 18.6. The van der Waals surface area contributed by atoms with E-state index in [1.165, 1.54) is 25.7 Å². The molecule has 0 aliphatic carbocycles. The van der Waals surface area contributed by atoms with E-state index in [2.05, 4.69) is 17.6 Å². The van der Waals surface area contributed by atoms with Crippen molar-refractivity contribution in [3.8, 4) is 5.75 Å². The summed E-state index contributed by atoms with van der Waals surface area (Å²) in [5, 5.41) is 5.90. The zero-order valence-electron chi connectivity index (χ0n) is 18.6. The number of esters is 1. The van der Waals surface area contributed by atoms with Crippen molar-refractivity contribution >= 4 is 23.3 Å². The summed E-state index contributed by atoms with van der Waals surface area (Å²) in [4.78, 5) is 24.0. The molecule has 168 valence electrons. The molecule has 0 unspecified atom stereocenters. The maximum absolute atomic E-state index is 12.2. The molecule has 2 aromatic rings. The van der Waals surface area contributed by atoms with Crippen LogP contribution in [0.5, 0.6) is 5.75 Å². The molecular weight excluding hydrogens is 392 g/mol.